The SMILES string of the molecule is CCC(O)c1nc2ccccc2[nH]1. The van der Waals surface area contributed by atoms with Gasteiger partial charge in [0, 0.05) is 0 Å². The molecule has 0 saturated heterocycles. The van der Waals surface area contributed by atoms with Crippen molar-refractivity contribution < 1.29 is 5.11 Å². The van der Waals surface area contributed by atoms with Crippen molar-refractivity contribution in [2.24, 2.45) is 0 Å². The average molecular weight is 176 g/mol. The number of benzene rings is 1. The van der Waals surface area contributed by atoms with Crippen LogP contribution in [0.15, 0.2) is 24.3 Å². The number of aromatic nitrogens is 2. The Kier molecular flexibility index (Phi) is 2.02. The molecule has 0 spiro atoms. The lowest BCUT2D eigenvalue weighted by Crippen LogP contribution is -1.96. The zero-order valence-electron chi connectivity index (χ0n) is 7.49. The summed E-state index contributed by atoms with van der Waals surface area (Å²) in [4.78, 5) is 7.36. The van der Waals surface area contributed by atoms with Gasteiger partial charge in [-0.25, -0.2) is 4.98 Å². The zero-order valence-corrected chi connectivity index (χ0v) is 7.49. The molecule has 2 aromatic rings. The minimum Gasteiger partial charge on any atom is -0.385 e. The van der Waals surface area contributed by atoms with E-state index in [1.165, 1.54) is 0 Å². The Morgan fingerprint density at radius 2 is 2.23 bits per heavy atom. The molecule has 1 unspecified atom stereocenters. The zero-order chi connectivity index (χ0) is 9.26. The first kappa shape index (κ1) is 8.26. The number of aliphatic hydroxyl groups is 1. The highest BCUT2D eigenvalue weighted by atomic mass is 16.3. The molecule has 0 bridgehead atoms. The van der Waals surface area contributed by atoms with E-state index in [4.69, 9.17) is 0 Å². The maximum absolute atomic E-state index is 9.54. The van der Waals surface area contributed by atoms with Gasteiger partial charge in [0.1, 0.15) is 11.9 Å². The van der Waals surface area contributed by atoms with E-state index in [9.17, 15) is 5.11 Å². The first-order chi connectivity index (χ1) is 6.31. The van der Waals surface area contributed by atoms with Crippen LogP contribution in [0.1, 0.15) is 25.3 Å². The van der Waals surface area contributed by atoms with Gasteiger partial charge in [0.05, 0.1) is 11.0 Å². The third-order valence-corrected chi connectivity index (χ3v) is 2.11. The molecular weight excluding hydrogens is 164 g/mol. The Morgan fingerprint density at radius 1 is 1.46 bits per heavy atom. The lowest BCUT2D eigenvalue weighted by Gasteiger charge is -2.00. The largest absolute Gasteiger partial charge is 0.385 e. The number of aromatic amines is 1. The van der Waals surface area contributed by atoms with Crippen LogP contribution in [0.3, 0.4) is 0 Å². The number of rotatable bonds is 2. The van der Waals surface area contributed by atoms with Crippen molar-refractivity contribution in [2.45, 2.75) is 19.4 Å². The molecule has 2 N–H and O–H groups in total. The fourth-order valence-corrected chi connectivity index (χ4v) is 1.32. The van der Waals surface area contributed by atoms with Gasteiger partial charge in [0.15, 0.2) is 0 Å². The number of hydrogen-bond donors (Lipinski definition) is 2. The van der Waals surface area contributed by atoms with E-state index < -0.39 is 6.10 Å². The predicted molar refractivity (Wildman–Crippen MR) is 51.3 cm³/mol. The first-order valence-electron chi connectivity index (χ1n) is 4.44. The van der Waals surface area contributed by atoms with Crippen molar-refractivity contribution in [1.82, 2.24) is 9.97 Å². The van der Waals surface area contributed by atoms with E-state index >= 15 is 0 Å². The molecule has 1 aromatic carbocycles. The molecular formula is C10H12N2O. The van der Waals surface area contributed by atoms with Crippen molar-refractivity contribution in [1.29, 1.82) is 0 Å². The molecule has 0 fully saturated rings. The molecule has 13 heavy (non-hydrogen) atoms. The molecule has 2 rings (SSSR count). The van der Waals surface area contributed by atoms with Gasteiger partial charge in [0.25, 0.3) is 0 Å². The first-order valence-corrected chi connectivity index (χ1v) is 4.44. The maximum atomic E-state index is 9.54. The number of nitrogens with one attached hydrogen (secondary N) is 1. The monoisotopic (exact) mass is 176 g/mol. The molecule has 1 atom stereocenters. The summed E-state index contributed by atoms with van der Waals surface area (Å²) in [6.45, 7) is 1.93. The van der Waals surface area contributed by atoms with E-state index in [-0.39, 0.29) is 0 Å². The van der Waals surface area contributed by atoms with Gasteiger partial charge in [-0.2, -0.15) is 0 Å². The number of para-hydroxylation sites is 2. The topological polar surface area (TPSA) is 48.9 Å². The summed E-state index contributed by atoms with van der Waals surface area (Å²) >= 11 is 0. The Balaban J connectivity index is 2.49. The molecule has 0 saturated carbocycles. The molecule has 3 heteroatoms. The van der Waals surface area contributed by atoms with Crippen LogP contribution in [-0.2, 0) is 0 Å². The van der Waals surface area contributed by atoms with Gasteiger partial charge in [-0.15, -0.1) is 0 Å². The minimum atomic E-state index is -0.479. The van der Waals surface area contributed by atoms with Gasteiger partial charge in [0.2, 0.25) is 0 Å². The summed E-state index contributed by atoms with van der Waals surface area (Å²) in [6.07, 6.45) is 0.201. The maximum Gasteiger partial charge on any atom is 0.136 e. The van der Waals surface area contributed by atoms with Crippen LogP contribution in [0.5, 0.6) is 0 Å². The summed E-state index contributed by atoms with van der Waals surface area (Å²) in [7, 11) is 0. The lowest BCUT2D eigenvalue weighted by atomic mass is 10.3. The van der Waals surface area contributed by atoms with Crippen LogP contribution >= 0.6 is 0 Å². The van der Waals surface area contributed by atoms with Crippen molar-refractivity contribution in [3.63, 3.8) is 0 Å². The lowest BCUT2D eigenvalue weighted by molar-refractivity contribution is 0.165. The van der Waals surface area contributed by atoms with Crippen LogP contribution in [0.2, 0.25) is 0 Å². The van der Waals surface area contributed by atoms with Gasteiger partial charge >= 0.3 is 0 Å². The van der Waals surface area contributed by atoms with E-state index in [0.717, 1.165) is 11.0 Å². The van der Waals surface area contributed by atoms with Crippen LogP contribution in [0.25, 0.3) is 11.0 Å². The number of imidazole rings is 1. The second kappa shape index (κ2) is 3.18. The highest BCUT2D eigenvalue weighted by Gasteiger charge is 2.09. The summed E-state index contributed by atoms with van der Waals surface area (Å²) in [5.41, 5.74) is 1.88. The summed E-state index contributed by atoms with van der Waals surface area (Å²) in [5, 5.41) is 9.54. The van der Waals surface area contributed by atoms with Gasteiger partial charge in [-0.3, -0.25) is 0 Å². The third kappa shape index (κ3) is 1.42. The second-order valence-corrected chi connectivity index (χ2v) is 3.06. The Bertz CT molecular complexity index is 375. The number of hydrogen-bond acceptors (Lipinski definition) is 2. The second-order valence-electron chi connectivity index (χ2n) is 3.06. The summed E-state index contributed by atoms with van der Waals surface area (Å²) in [5.74, 6) is 0.656. The van der Waals surface area contributed by atoms with Gasteiger partial charge in [-0.05, 0) is 18.6 Å². The standard InChI is InChI=1S/C10H12N2O/c1-2-9(13)10-11-7-5-3-4-6-8(7)12-10/h3-6,9,13H,2H2,1H3,(H,11,12). The van der Waals surface area contributed by atoms with Crippen LogP contribution in [-0.4, -0.2) is 15.1 Å². The minimum absolute atomic E-state index is 0.479. The Hall–Kier alpha value is -1.35. The molecule has 3 nitrogen and oxygen atoms in total. The van der Waals surface area contributed by atoms with Crippen molar-refractivity contribution in [3.8, 4) is 0 Å². The average Bonchev–Trinajstić information content (AvgIpc) is 2.59. The summed E-state index contributed by atoms with van der Waals surface area (Å²) < 4.78 is 0. The highest BCUT2D eigenvalue weighted by Crippen LogP contribution is 2.17. The quantitative estimate of drug-likeness (QED) is 0.735. The van der Waals surface area contributed by atoms with E-state index in [2.05, 4.69) is 9.97 Å². The Morgan fingerprint density at radius 3 is 2.92 bits per heavy atom. The molecule has 0 amide bonds. The smallest absolute Gasteiger partial charge is 0.136 e. The van der Waals surface area contributed by atoms with Gasteiger partial charge < -0.3 is 10.1 Å². The molecule has 1 aromatic heterocycles. The number of H-pyrrole nitrogens is 1. The fourth-order valence-electron chi connectivity index (χ4n) is 1.32. The fraction of sp³-hybridized carbons (Fsp3) is 0.300. The normalized spacial score (nSPS) is 13.4. The van der Waals surface area contributed by atoms with Crippen LogP contribution in [0.4, 0.5) is 0 Å². The van der Waals surface area contributed by atoms with E-state index in [0.29, 0.717) is 12.2 Å². The molecule has 0 aliphatic heterocycles. The van der Waals surface area contributed by atoms with Crippen molar-refractivity contribution in [3.05, 3.63) is 30.1 Å². The number of nitrogens with zero attached hydrogens (tertiary/aromatic N) is 1. The summed E-state index contributed by atoms with van der Waals surface area (Å²) in [6, 6.07) is 7.76. The van der Waals surface area contributed by atoms with Crippen LogP contribution < -0.4 is 0 Å². The number of fused-ring (bicyclic) bond motifs is 1. The molecule has 0 radical (unpaired) electrons. The van der Waals surface area contributed by atoms with E-state index in [1.807, 2.05) is 31.2 Å². The molecule has 0 aliphatic carbocycles. The molecule has 68 valence electrons. The third-order valence-electron chi connectivity index (χ3n) is 2.11. The predicted octanol–water partition coefficient (Wildman–Crippen LogP) is 2.01. The van der Waals surface area contributed by atoms with Gasteiger partial charge in [-0.1, -0.05) is 19.1 Å². The molecule has 1 heterocycles. The van der Waals surface area contributed by atoms with E-state index in [1.54, 1.807) is 0 Å². The highest BCUT2D eigenvalue weighted by molar-refractivity contribution is 5.74. The van der Waals surface area contributed by atoms with Crippen LogP contribution in [0, 0.1) is 0 Å². The van der Waals surface area contributed by atoms with Crippen molar-refractivity contribution in [2.75, 3.05) is 0 Å². The molecule has 0 aliphatic rings. The van der Waals surface area contributed by atoms with Crippen molar-refractivity contribution >= 4 is 11.0 Å². The number of aliphatic hydroxyl groups excluding tert-OH is 1. The Labute approximate surface area is 76.4 Å².